The van der Waals surface area contributed by atoms with Crippen LogP contribution in [0.3, 0.4) is 0 Å². The molecular weight excluding hydrogens is 128 g/mol. The lowest BCUT2D eigenvalue weighted by molar-refractivity contribution is -0.127. The van der Waals surface area contributed by atoms with Gasteiger partial charge in [-0.1, -0.05) is 0 Å². The fraction of sp³-hybridized carbons (Fsp3) is 0.857. The fourth-order valence-corrected chi connectivity index (χ4v) is 0.631. The number of nitrogens with one attached hydrogen (secondary N) is 1. The molecule has 0 unspecified atom stereocenters. The van der Waals surface area contributed by atoms with Gasteiger partial charge in [-0.3, -0.25) is 4.79 Å². The van der Waals surface area contributed by atoms with Crippen molar-refractivity contribution in [3.05, 3.63) is 0 Å². The van der Waals surface area contributed by atoms with Crippen molar-refractivity contribution in [2.45, 2.75) is 19.9 Å². The second kappa shape index (κ2) is 4.28. The summed E-state index contributed by atoms with van der Waals surface area (Å²) < 4.78 is 0. The minimum absolute atomic E-state index is 0.113. The van der Waals surface area contributed by atoms with Crippen LogP contribution in [0.15, 0.2) is 0 Å². The molecule has 0 heterocycles. The van der Waals surface area contributed by atoms with Gasteiger partial charge in [0, 0.05) is 26.6 Å². The van der Waals surface area contributed by atoms with Gasteiger partial charge in [-0.25, -0.2) is 0 Å². The monoisotopic (exact) mass is 144 g/mol. The van der Waals surface area contributed by atoms with E-state index >= 15 is 0 Å². The molecule has 3 heteroatoms. The average molecular weight is 144 g/mol. The van der Waals surface area contributed by atoms with E-state index in [9.17, 15) is 4.79 Å². The lowest BCUT2D eigenvalue weighted by atomic mass is 10.3. The minimum atomic E-state index is 0.113. The maximum absolute atomic E-state index is 10.7. The van der Waals surface area contributed by atoms with Gasteiger partial charge in [-0.2, -0.15) is 0 Å². The Morgan fingerprint density at radius 2 is 2.20 bits per heavy atom. The smallest absolute Gasteiger partial charge is 0.219 e. The first kappa shape index (κ1) is 9.43. The maximum atomic E-state index is 10.7. The molecule has 0 aliphatic rings. The van der Waals surface area contributed by atoms with Crippen molar-refractivity contribution in [1.82, 2.24) is 10.2 Å². The molecule has 0 spiro atoms. The highest BCUT2D eigenvalue weighted by atomic mass is 16.2. The van der Waals surface area contributed by atoms with Crippen molar-refractivity contribution in [3.63, 3.8) is 0 Å². The molecule has 3 nitrogen and oxygen atoms in total. The van der Waals surface area contributed by atoms with Crippen LogP contribution >= 0.6 is 0 Å². The third kappa shape index (κ3) is 3.45. The van der Waals surface area contributed by atoms with Gasteiger partial charge in [-0.15, -0.1) is 0 Å². The highest BCUT2D eigenvalue weighted by Crippen LogP contribution is 1.87. The fourth-order valence-electron chi connectivity index (χ4n) is 0.631. The number of rotatable bonds is 3. The third-order valence-electron chi connectivity index (χ3n) is 1.58. The van der Waals surface area contributed by atoms with Crippen LogP contribution < -0.4 is 5.32 Å². The van der Waals surface area contributed by atoms with Crippen LogP contribution in [0.1, 0.15) is 13.8 Å². The van der Waals surface area contributed by atoms with E-state index < -0.39 is 0 Å². The molecule has 60 valence electrons. The van der Waals surface area contributed by atoms with Gasteiger partial charge in [0.1, 0.15) is 0 Å². The number of amides is 1. The highest BCUT2D eigenvalue weighted by Gasteiger charge is 2.04. The molecule has 0 aliphatic carbocycles. The van der Waals surface area contributed by atoms with Crippen molar-refractivity contribution in [2.75, 3.05) is 20.6 Å². The number of carbonyl (C=O) groups is 1. The molecule has 0 rings (SSSR count). The summed E-state index contributed by atoms with van der Waals surface area (Å²) >= 11 is 0. The molecule has 1 N–H and O–H groups in total. The van der Waals surface area contributed by atoms with Gasteiger partial charge < -0.3 is 10.2 Å². The Morgan fingerprint density at radius 3 is 2.50 bits per heavy atom. The molecule has 0 saturated carbocycles. The van der Waals surface area contributed by atoms with Crippen LogP contribution in [0, 0.1) is 0 Å². The van der Waals surface area contributed by atoms with Crippen molar-refractivity contribution in [1.29, 1.82) is 0 Å². The first-order valence-electron chi connectivity index (χ1n) is 3.47. The molecule has 0 saturated heterocycles. The van der Waals surface area contributed by atoms with Gasteiger partial charge in [0.05, 0.1) is 0 Å². The van der Waals surface area contributed by atoms with Gasteiger partial charge in [0.25, 0.3) is 0 Å². The van der Waals surface area contributed by atoms with E-state index in [1.807, 2.05) is 14.0 Å². The minimum Gasteiger partial charge on any atom is -0.344 e. The average Bonchev–Trinajstić information content (AvgIpc) is 1.87. The van der Waals surface area contributed by atoms with E-state index in [-0.39, 0.29) is 5.91 Å². The molecule has 0 radical (unpaired) electrons. The summed E-state index contributed by atoms with van der Waals surface area (Å²) in [5.74, 6) is 0.113. The van der Waals surface area contributed by atoms with Crippen molar-refractivity contribution in [2.24, 2.45) is 0 Å². The van der Waals surface area contributed by atoms with Crippen molar-refractivity contribution >= 4 is 5.91 Å². The topological polar surface area (TPSA) is 32.3 Å². The molecule has 0 aromatic carbocycles. The number of hydrogen-bond donors (Lipinski definition) is 1. The zero-order valence-electron chi connectivity index (χ0n) is 7.14. The standard InChI is InChI=1S/C7H16N2O/c1-6(8-3)5-9(4)7(2)10/h6,8H,5H2,1-4H3/t6-/m1/s1. The Hall–Kier alpha value is -0.570. The summed E-state index contributed by atoms with van der Waals surface area (Å²) in [6, 6.07) is 0.369. The number of nitrogens with zero attached hydrogens (tertiary/aromatic N) is 1. The van der Waals surface area contributed by atoms with E-state index in [0.29, 0.717) is 6.04 Å². The van der Waals surface area contributed by atoms with E-state index in [2.05, 4.69) is 5.32 Å². The first-order chi connectivity index (χ1) is 4.57. The molecular formula is C7H16N2O. The van der Waals surface area contributed by atoms with E-state index in [4.69, 9.17) is 0 Å². The number of carbonyl (C=O) groups excluding carboxylic acids is 1. The SMILES string of the molecule is CN[C@H](C)CN(C)C(C)=O. The largest absolute Gasteiger partial charge is 0.344 e. The maximum Gasteiger partial charge on any atom is 0.219 e. The summed E-state index contributed by atoms with van der Waals surface area (Å²) in [7, 11) is 3.69. The van der Waals surface area contributed by atoms with Gasteiger partial charge >= 0.3 is 0 Å². The molecule has 0 fully saturated rings. The van der Waals surface area contributed by atoms with E-state index in [0.717, 1.165) is 6.54 Å². The van der Waals surface area contributed by atoms with E-state index in [1.165, 1.54) is 0 Å². The van der Waals surface area contributed by atoms with Crippen molar-refractivity contribution < 1.29 is 4.79 Å². The molecule has 0 aliphatic heterocycles. The quantitative estimate of drug-likeness (QED) is 0.608. The summed E-state index contributed by atoms with van der Waals surface area (Å²) in [6.45, 7) is 4.38. The summed E-state index contributed by atoms with van der Waals surface area (Å²) in [5.41, 5.74) is 0. The zero-order chi connectivity index (χ0) is 8.15. The van der Waals surface area contributed by atoms with Crippen LogP contribution in [-0.4, -0.2) is 37.5 Å². The first-order valence-corrected chi connectivity index (χ1v) is 3.47. The van der Waals surface area contributed by atoms with Gasteiger partial charge in [0.15, 0.2) is 0 Å². The lowest BCUT2D eigenvalue weighted by Gasteiger charge is -2.19. The molecule has 1 atom stereocenters. The van der Waals surface area contributed by atoms with Crippen molar-refractivity contribution in [3.8, 4) is 0 Å². The molecule has 0 bridgehead atoms. The highest BCUT2D eigenvalue weighted by molar-refractivity contribution is 5.72. The van der Waals surface area contributed by atoms with Crippen LogP contribution in [-0.2, 0) is 4.79 Å². The van der Waals surface area contributed by atoms with Gasteiger partial charge in [0.2, 0.25) is 5.91 Å². The number of likely N-dealkylation sites (N-methyl/N-ethyl adjacent to an activating group) is 2. The molecule has 10 heavy (non-hydrogen) atoms. The molecule has 0 aromatic heterocycles. The van der Waals surface area contributed by atoms with Crippen LogP contribution in [0.2, 0.25) is 0 Å². The lowest BCUT2D eigenvalue weighted by Crippen LogP contribution is -2.37. The Kier molecular flexibility index (Phi) is 4.03. The predicted octanol–water partition coefficient (Wildman–Crippen LogP) is 0.0726. The Bertz CT molecular complexity index is 114. The van der Waals surface area contributed by atoms with E-state index in [1.54, 1.807) is 18.9 Å². The zero-order valence-corrected chi connectivity index (χ0v) is 7.14. The third-order valence-corrected chi connectivity index (χ3v) is 1.58. The summed E-state index contributed by atoms with van der Waals surface area (Å²) in [4.78, 5) is 12.4. The Labute approximate surface area is 62.4 Å². The second-order valence-corrected chi connectivity index (χ2v) is 2.59. The summed E-state index contributed by atoms with van der Waals surface area (Å²) in [5, 5.41) is 3.06. The second-order valence-electron chi connectivity index (χ2n) is 2.59. The van der Waals surface area contributed by atoms with Gasteiger partial charge in [-0.05, 0) is 14.0 Å². The molecule has 0 aromatic rings. The Balaban J connectivity index is 3.56. The number of hydrogen-bond acceptors (Lipinski definition) is 2. The molecule has 1 amide bonds. The van der Waals surface area contributed by atoms with Crippen LogP contribution in [0.4, 0.5) is 0 Å². The Morgan fingerprint density at radius 1 is 1.70 bits per heavy atom. The summed E-state index contributed by atoms with van der Waals surface area (Å²) in [6.07, 6.45) is 0. The van der Waals surface area contributed by atoms with Crippen LogP contribution in [0.25, 0.3) is 0 Å². The predicted molar refractivity (Wildman–Crippen MR) is 41.8 cm³/mol. The van der Waals surface area contributed by atoms with Crippen LogP contribution in [0.5, 0.6) is 0 Å². The normalized spacial score (nSPS) is 12.8.